The lowest BCUT2D eigenvalue weighted by atomic mass is 10.2. The van der Waals surface area contributed by atoms with E-state index in [1.807, 2.05) is 12.1 Å². The van der Waals surface area contributed by atoms with E-state index in [0.29, 0.717) is 23.1 Å². The van der Waals surface area contributed by atoms with E-state index in [9.17, 15) is 4.79 Å². The second-order valence-electron chi connectivity index (χ2n) is 7.46. The van der Waals surface area contributed by atoms with Gasteiger partial charge in [0.05, 0.1) is 30.5 Å². The maximum absolute atomic E-state index is 13.5. The lowest BCUT2D eigenvalue weighted by Crippen LogP contribution is -2.39. The Kier molecular flexibility index (Phi) is 6.31. The van der Waals surface area contributed by atoms with Crippen LogP contribution in [0.2, 0.25) is 0 Å². The predicted octanol–water partition coefficient (Wildman–Crippen LogP) is 2.72. The lowest BCUT2D eigenvalue weighted by molar-refractivity contribution is 0.0376. The molecule has 0 aliphatic carbocycles. The highest BCUT2D eigenvalue weighted by Gasteiger charge is 2.26. The Labute approximate surface area is 180 Å². The van der Waals surface area contributed by atoms with E-state index in [-0.39, 0.29) is 5.91 Å². The van der Waals surface area contributed by atoms with E-state index in [1.165, 1.54) is 12.7 Å². The largest absolute Gasteiger partial charge is 0.479 e. The van der Waals surface area contributed by atoms with Crippen LogP contribution in [0.4, 0.5) is 5.13 Å². The van der Waals surface area contributed by atoms with Gasteiger partial charge in [-0.2, -0.15) is 0 Å². The lowest BCUT2D eigenvalue weighted by Gasteiger charge is -2.27. The predicted molar refractivity (Wildman–Crippen MR) is 118 cm³/mol. The minimum absolute atomic E-state index is 0.141. The minimum Gasteiger partial charge on any atom is -0.479 e. The van der Waals surface area contributed by atoms with Crippen molar-refractivity contribution in [2.45, 2.75) is 13.3 Å². The highest BCUT2D eigenvalue weighted by Crippen LogP contribution is 2.31. The summed E-state index contributed by atoms with van der Waals surface area (Å²) in [6.45, 7) is 6.97. The summed E-state index contributed by atoms with van der Waals surface area (Å²) in [6, 6.07) is 6.16. The van der Waals surface area contributed by atoms with Crippen LogP contribution in [0, 0.1) is 6.92 Å². The third-order valence-electron chi connectivity index (χ3n) is 5.19. The van der Waals surface area contributed by atoms with Crippen molar-refractivity contribution in [3.05, 3.63) is 35.5 Å². The number of thiazole rings is 1. The Morgan fingerprint density at radius 2 is 2.13 bits per heavy atom. The zero-order valence-electron chi connectivity index (χ0n) is 17.6. The molecule has 9 heteroatoms. The van der Waals surface area contributed by atoms with Crippen molar-refractivity contribution in [2.24, 2.45) is 7.05 Å². The average molecular weight is 430 g/mol. The van der Waals surface area contributed by atoms with Crippen molar-refractivity contribution >= 4 is 32.6 Å². The Bertz CT molecular complexity index is 1020. The molecule has 0 N–H and O–H groups in total. The van der Waals surface area contributed by atoms with Gasteiger partial charge >= 0.3 is 0 Å². The molecule has 1 aliphatic rings. The molecule has 2 aromatic heterocycles. The van der Waals surface area contributed by atoms with Crippen molar-refractivity contribution in [1.82, 2.24) is 19.7 Å². The molecule has 160 valence electrons. The van der Waals surface area contributed by atoms with Crippen molar-refractivity contribution in [3.63, 3.8) is 0 Å². The summed E-state index contributed by atoms with van der Waals surface area (Å²) in [4.78, 5) is 22.4. The number of benzene rings is 1. The number of carbonyl (C=O) groups is 1. The molecule has 1 aliphatic heterocycles. The van der Waals surface area contributed by atoms with Gasteiger partial charge in [0.15, 0.2) is 5.13 Å². The van der Waals surface area contributed by atoms with E-state index in [1.54, 1.807) is 34.2 Å². The number of rotatable bonds is 7. The van der Waals surface area contributed by atoms with Crippen LogP contribution in [0.15, 0.2) is 24.4 Å². The molecule has 1 amide bonds. The molecule has 3 aromatic rings. The van der Waals surface area contributed by atoms with Gasteiger partial charge in [0.1, 0.15) is 5.56 Å². The molecule has 0 spiro atoms. The SMILES string of the molecule is COc1nn(C)cc1C(=O)N(CCCN1CCOCC1)c1nc2ccc(C)cc2s1. The zero-order valence-corrected chi connectivity index (χ0v) is 18.4. The van der Waals surface area contributed by atoms with Crippen LogP contribution in [0.1, 0.15) is 22.3 Å². The third kappa shape index (κ3) is 4.48. The summed E-state index contributed by atoms with van der Waals surface area (Å²) < 4.78 is 13.4. The van der Waals surface area contributed by atoms with Gasteiger partial charge in [-0.3, -0.25) is 19.3 Å². The number of methoxy groups -OCH3 is 1. The Morgan fingerprint density at radius 1 is 1.33 bits per heavy atom. The first-order valence-corrected chi connectivity index (χ1v) is 10.9. The normalized spacial score (nSPS) is 14.9. The van der Waals surface area contributed by atoms with Crippen LogP contribution in [0.3, 0.4) is 0 Å². The molecule has 4 rings (SSSR count). The van der Waals surface area contributed by atoms with Crippen LogP contribution in [0.5, 0.6) is 5.88 Å². The number of ether oxygens (including phenoxy) is 2. The first-order valence-electron chi connectivity index (χ1n) is 10.1. The monoisotopic (exact) mass is 429 g/mol. The van der Waals surface area contributed by atoms with Crippen LogP contribution in [0.25, 0.3) is 10.2 Å². The van der Waals surface area contributed by atoms with Gasteiger partial charge in [0.2, 0.25) is 5.88 Å². The molecule has 1 saturated heterocycles. The number of hydrogen-bond donors (Lipinski definition) is 0. The van der Waals surface area contributed by atoms with Crippen LogP contribution in [-0.4, -0.2) is 72.1 Å². The number of morpholine rings is 1. The number of amides is 1. The van der Waals surface area contributed by atoms with E-state index in [0.717, 1.165) is 49.5 Å². The third-order valence-corrected chi connectivity index (χ3v) is 6.23. The molecule has 0 unspecified atom stereocenters. The highest BCUT2D eigenvalue weighted by molar-refractivity contribution is 7.22. The molecular formula is C21H27N5O3S. The fourth-order valence-electron chi connectivity index (χ4n) is 3.61. The van der Waals surface area contributed by atoms with Gasteiger partial charge in [0, 0.05) is 39.4 Å². The summed E-state index contributed by atoms with van der Waals surface area (Å²) in [5, 5.41) is 4.94. The molecule has 0 atom stereocenters. The quantitative estimate of drug-likeness (QED) is 0.575. The van der Waals surface area contributed by atoms with E-state index >= 15 is 0 Å². The number of hydrogen-bond acceptors (Lipinski definition) is 7. The van der Waals surface area contributed by atoms with Crippen LogP contribution >= 0.6 is 11.3 Å². The summed E-state index contributed by atoms with van der Waals surface area (Å²) in [7, 11) is 3.31. The molecule has 1 fully saturated rings. The maximum atomic E-state index is 13.5. The fraction of sp³-hybridized carbons (Fsp3) is 0.476. The van der Waals surface area contributed by atoms with E-state index in [2.05, 4.69) is 23.0 Å². The fourth-order valence-corrected chi connectivity index (χ4v) is 4.70. The summed E-state index contributed by atoms with van der Waals surface area (Å²) in [5.41, 5.74) is 2.53. The smallest absolute Gasteiger partial charge is 0.267 e. The first kappa shape index (κ1) is 20.8. The topological polar surface area (TPSA) is 72.7 Å². The first-order chi connectivity index (χ1) is 14.5. The number of carbonyl (C=O) groups excluding carboxylic acids is 1. The minimum atomic E-state index is -0.141. The Morgan fingerprint density at radius 3 is 2.90 bits per heavy atom. The molecule has 0 radical (unpaired) electrons. The van der Waals surface area contributed by atoms with Gasteiger partial charge in [-0.25, -0.2) is 4.98 Å². The summed E-state index contributed by atoms with van der Waals surface area (Å²) in [6.07, 6.45) is 2.55. The molecular weight excluding hydrogens is 402 g/mol. The zero-order chi connectivity index (χ0) is 21.1. The van der Waals surface area contributed by atoms with E-state index in [4.69, 9.17) is 14.5 Å². The van der Waals surface area contributed by atoms with Crippen molar-refractivity contribution in [2.75, 3.05) is 51.4 Å². The average Bonchev–Trinajstić information content (AvgIpc) is 3.34. The number of aryl methyl sites for hydroxylation is 2. The molecule has 30 heavy (non-hydrogen) atoms. The van der Waals surface area contributed by atoms with E-state index < -0.39 is 0 Å². The second kappa shape index (κ2) is 9.11. The summed E-state index contributed by atoms with van der Waals surface area (Å²) in [5.74, 6) is 0.190. The van der Waals surface area contributed by atoms with Gasteiger partial charge in [-0.15, -0.1) is 5.10 Å². The van der Waals surface area contributed by atoms with Gasteiger partial charge < -0.3 is 9.47 Å². The summed E-state index contributed by atoms with van der Waals surface area (Å²) >= 11 is 1.54. The molecule has 0 saturated carbocycles. The molecule has 8 nitrogen and oxygen atoms in total. The van der Waals surface area contributed by atoms with Gasteiger partial charge in [0.25, 0.3) is 5.91 Å². The highest BCUT2D eigenvalue weighted by atomic mass is 32.1. The Hall–Kier alpha value is -2.49. The molecule has 0 bridgehead atoms. The number of nitrogens with zero attached hydrogens (tertiary/aromatic N) is 5. The van der Waals surface area contributed by atoms with Crippen molar-refractivity contribution in [1.29, 1.82) is 0 Å². The second-order valence-corrected chi connectivity index (χ2v) is 8.47. The molecule has 1 aromatic carbocycles. The van der Waals surface area contributed by atoms with Crippen molar-refractivity contribution in [3.8, 4) is 5.88 Å². The maximum Gasteiger partial charge on any atom is 0.267 e. The van der Waals surface area contributed by atoms with Crippen molar-refractivity contribution < 1.29 is 14.3 Å². The van der Waals surface area contributed by atoms with Crippen LogP contribution in [-0.2, 0) is 11.8 Å². The number of anilines is 1. The van der Waals surface area contributed by atoms with Gasteiger partial charge in [-0.1, -0.05) is 17.4 Å². The van der Waals surface area contributed by atoms with Gasteiger partial charge in [-0.05, 0) is 31.0 Å². The molecule has 3 heterocycles. The number of aromatic nitrogens is 3. The Balaban J connectivity index is 1.60. The number of fused-ring (bicyclic) bond motifs is 1. The van der Waals surface area contributed by atoms with Crippen LogP contribution < -0.4 is 9.64 Å². The standard InChI is InChI=1S/C21H27N5O3S/c1-15-5-6-17-18(13-15)30-21(22-17)26(8-4-7-25-9-11-29-12-10-25)20(27)16-14-24(2)23-19(16)28-3/h5-6,13-14H,4,7-12H2,1-3H3.